The third kappa shape index (κ3) is 14.4. The van der Waals surface area contributed by atoms with Crippen LogP contribution in [-0.2, 0) is 14.2 Å². The normalized spacial score (nSPS) is 16.7. The Bertz CT molecular complexity index is 1870. The van der Waals surface area contributed by atoms with Crippen molar-refractivity contribution in [3.63, 3.8) is 0 Å². The van der Waals surface area contributed by atoms with Crippen molar-refractivity contribution in [2.24, 2.45) is 5.73 Å². The van der Waals surface area contributed by atoms with Gasteiger partial charge in [0.15, 0.2) is 0 Å². The van der Waals surface area contributed by atoms with Crippen molar-refractivity contribution in [3.05, 3.63) is 66.5 Å². The van der Waals surface area contributed by atoms with Gasteiger partial charge in [-0.05, 0) is 44.2 Å². The number of nitrogens with two attached hydrogens (primary N) is 1. The number of hydrogen-bond acceptors (Lipinski definition) is 16. The van der Waals surface area contributed by atoms with E-state index in [1.165, 1.54) is 0 Å². The summed E-state index contributed by atoms with van der Waals surface area (Å²) >= 11 is 0. The van der Waals surface area contributed by atoms with E-state index in [4.69, 9.17) is 49.4 Å². The molecule has 2 aromatic heterocycles. The van der Waals surface area contributed by atoms with Gasteiger partial charge in [0.05, 0.1) is 37.8 Å². The Morgan fingerprint density at radius 1 is 0.742 bits per heavy atom. The van der Waals surface area contributed by atoms with Gasteiger partial charge in [0, 0.05) is 94.7 Å². The predicted octanol–water partition coefficient (Wildman–Crippen LogP) is 4.38. The first-order chi connectivity index (χ1) is 30.2. The number of morpholine rings is 2. The molecule has 340 valence electrons. The van der Waals surface area contributed by atoms with E-state index in [1.807, 2.05) is 68.4 Å². The summed E-state index contributed by atoms with van der Waals surface area (Å²) in [6, 6.07) is 20.0. The molecule has 3 saturated heterocycles. The highest BCUT2D eigenvalue weighted by molar-refractivity contribution is 5.67. The number of anilines is 3. The fourth-order valence-electron chi connectivity index (χ4n) is 6.97. The molecule has 0 amide bonds. The van der Waals surface area contributed by atoms with E-state index in [-0.39, 0.29) is 25.7 Å². The lowest BCUT2D eigenvalue weighted by molar-refractivity contribution is 0.0853. The van der Waals surface area contributed by atoms with Crippen molar-refractivity contribution in [2.75, 3.05) is 121 Å². The van der Waals surface area contributed by atoms with Gasteiger partial charge in [-0.15, -0.1) is 0 Å². The highest BCUT2D eigenvalue weighted by Crippen LogP contribution is 2.30. The standard InChI is InChI=1S/C23H34N4O3.C21H29N5O4.C2H6/c1-16(2)23-25-21(13-22(26-23)27(4)18-8-10-29-11-9-18)17-6-5-7-20(12-17)30-15-19(28)14-24-3;22-14-17(27)15-30-18-3-1-2-16(12-18)19-13-20(25-4-8-28-9-5-25)24-21(23-19)26-6-10-29-11-7-26;1-2/h5-7,12-13,16,18-19,24,28H,8-11,14-15H2,1-4H3;1-3,12-13,17,27H,4-11,14-15,22H2;1-2H3. The fraction of sp³-hybridized carbons (Fsp3) is 0.565. The number of rotatable bonds is 16. The van der Waals surface area contributed by atoms with E-state index in [1.54, 1.807) is 7.05 Å². The molecule has 16 heteroatoms. The van der Waals surface area contributed by atoms with Crippen molar-refractivity contribution in [3.8, 4) is 34.0 Å². The lowest BCUT2D eigenvalue weighted by atomic mass is 10.1. The van der Waals surface area contributed by atoms with E-state index >= 15 is 0 Å². The van der Waals surface area contributed by atoms with Crippen LogP contribution in [0.4, 0.5) is 17.6 Å². The summed E-state index contributed by atoms with van der Waals surface area (Å²) in [7, 11) is 3.91. The maximum atomic E-state index is 9.89. The van der Waals surface area contributed by atoms with Gasteiger partial charge in [-0.3, -0.25) is 0 Å². The molecule has 0 radical (unpaired) electrons. The first-order valence-corrected chi connectivity index (χ1v) is 22.1. The minimum absolute atomic E-state index is 0.155. The summed E-state index contributed by atoms with van der Waals surface area (Å²) in [4.78, 5) is 26.0. The Balaban J connectivity index is 0.000000225. The second-order valence-electron chi connectivity index (χ2n) is 15.5. The largest absolute Gasteiger partial charge is 0.491 e. The summed E-state index contributed by atoms with van der Waals surface area (Å²) in [5, 5.41) is 22.5. The lowest BCUT2D eigenvalue weighted by Crippen LogP contribution is -2.39. The molecule has 0 bridgehead atoms. The zero-order chi connectivity index (χ0) is 44.3. The van der Waals surface area contributed by atoms with E-state index in [2.05, 4.69) is 47.0 Å². The molecular weight excluding hydrogens is 791 g/mol. The van der Waals surface area contributed by atoms with Gasteiger partial charge in [0.1, 0.15) is 54.4 Å². The number of aromatic nitrogens is 4. The number of hydrogen-bond donors (Lipinski definition) is 4. The molecule has 0 aliphatic carbocycles. The zero-order valence-electron chi connectivity index (χ0n) is 37.5. The SMILES string of the molecule is CC.CNCC(O)COc1cccc(-c2cc(N(C)C3CCOCC3)nc(C(C)C)n2)c1.NCC(O)COc1cccc(-c2cc(N3CCOCC3)nc(N3CCOCC3)n2)c1. The van der Waals surface area contributed by atoms with Gasteiger partial charge in [0.25, 0.3) is 0 Å². The molecule has 0 saturated carbocycles. The van der Waals surface area contributed by atoms with Gasteiger partial charge < -0.3 is 59.6 Å². The second kappa shape index (κ2) is 25.4. The molecule has 2 aromatic carbocycles. The van der Waals surface area contributed by atoms with Crippen molar-refractivity contribution >= 4 is 17.6 Å². The smallest absolute Gasteiger partial charge is 0.228 e. The number of nitrogens with one attached hydrogen (secondary N) is 1. The Morgan fingerprint density at radius 3 is 1.85 bits per heavy atom. The summed E-state index contributed by atoms with van der Waals surface area (Å²) < 4.78 is 28.0. The maximum absolute atomic E-state index is 9.89. The molecule has 3 aliphatic rings. The third-order valence-electron chi connectivity index (χ3n) is 10.5. The minimum Gasteiger partial charge on any atom is -0.491 e. The van der Waals surface area contributed by atoms with Crippen LogP contribution in [0.2, 0.25) is 0 Å². The average molecular weight is 860 g/mol. The minimum atomic E-state index is -0.687. The Kier molecular flexibility index (Phi) is 19.8. The van der Waals surface area contributed by atoms with Crippen LogP contribution in [0.25, 0.3) is 22.5 Å². The highest BCUT2D eigenvalue weighted by Gasteiger charge is 2.23. The molecule has 3 aliphatic heterocycles. The zero-order valence-corrected chi connectivity index (χ0v) is 37.5. The second-order valence-corrected chi connectivity index (χ2v) is 15.5. The van der Waals surface area contributed by atoms with E-state index in [0.29, 0.717) is 56.5 Å². The molecule has 4 aromatic rings. The summed E-state index contributed by atoms with van der Waals surface area (Å²) in [6.07, 6.45) is 0.773. The third-order valence-corrected chi connectivity index (χ3v) is 10.5. The Morgan fingerprint density at radius 2 is 1.29 bits per heavy atom. The van der Waals surface area contributed by atoms with Crippen LogP contribution in [0.15, 0.2) is 60.7 Å². The fourth-order valence-corrected chi connectivity index (χ4v) is 6.97. The van der Waals surface area contributed by atoms with Gasteiger partial charge in [-0.1, -0.05) is 52.0 Å². The molecule has 0 spiro atoms. The molecule has 2 atom stereocenters. The van der Waals surface area contributed by atoms with Gasteiger partial charge >= 0.3 is 0 Å². The van der Waals surface area contributed by atoms with Crippen LogP contribution in [-0.4, -0.2) is 155 Å². The van der Waals surface area contributed by atoms with Crippen LogP contribution in [0.3, 0.4) is 0 Å². The summed E-state index contributed by atoms with van der Waals surface area (Å²) in [5.41, 5.74) is 9.07. The van der Waals surface area contributed by atoms with Gasteiger partial charge in [-0.2, -0.15) is 4.98 Å². The van der Waals surface area contributed by atoms with Crippen molar-refractivity contribution in [1.29, 1.82) is 0 Å². The van der Waals surface area contributed by atoms with Crippen molar-refractivity contribution in [2.45, 2.75) is 64.7 Å². The van der Waals surface area contributed by atoms with Crippen molar-refractivity contribution in [1.82, 2.24) is 25.3 Å². The first-order valence-electron chi connectivity index (χ1n) is 22.1. The summed E-state index contributed by atoms with van der Waals surface area (Å²) in [5.74, 6) is 4.98. The number of ether oxygens (including phenoxy) is 5. The molecular formula is C46H69N9O7. The number of benzene rings is 2. The number of aliphatic hydroxyl groups excluding tert-OH is 2. The monoisotopic (exact) mass is 860 g/mol. The van der Waals surface area contributed by atoms with Crippen LogP contribution in [0, 0.1) is 0 Å². The molecule has 16 nitrogen and oxygen atoms in total. The van der Waals surface area contributed by atoms with Gasteiger partial charge in [0.2, 0.25) is 5.95 Å². The number of nitrogens with zero attached hydrogens (tertiary/aromatic N) is 7. The highest BCUT2D eigenvalue weighted by atomic mass is 16.5. The number of aliphatic hydroxyl groups is 2. The predicted molar refractivity (Wildman–Crippen MR) is 245 cm³/mol. The van der Waals surface area contributed by atoms with Crippen molar-refractivity contribution < 1.29 is 33.9 Å². The van der Waals surface area contributed by atoms with Crippen LogP contribution in [0.5, 0.6) is 11.5 Å². The first kappa shape index (κ1) is 48.4. The molecule has 62 heavy (non-hydrogen) atoms. The van der Waals surface area contributed by atoms with Crippen LogP contribution < -0.4 is 35.2 Å². The van der Waals surface area contributed by atoms with Crippen LogP contribution in [0.1, 0.15) is 52.3 Å². The molecule has 5 N–H and O–H groups in total. The van der Waals surface area contributed by atoms with E-state index < -0.39 is 12.2 Å². The van der Waals surface area contributed by atoms with E-state index in [9.17, 15) is 10.2 Å². The van der Waals surface area contributed by atoms with E-state index in [0.717, 1.165) is 92.2 Å². The molecule has 5 heterocycles. The van der Waals surface area contributed by atoms with Crippen LogP contribution >= 0.6 is 0 Å². The maximum Gasteiger partial charge on any atom is 0.228 e. The molecule has 7 rings (SSSR count). The molecule has 3 fully saturated rings. The Labute approximate surface area is 367 Å². The van der Waals surface area contributed by atoms with Gasteiger partial charge in [-0.25, -0.2) is 15.0 Å². The number of likely N-dealkylation sites (N-methyl/N-ethyl adjacent to an activating group) is 1. The Hall–Kier alpha value is -4.68. The lowest BCUT2D eigenvalue weighted by Gasteiger charge is -2.32. The quantitative estimate of drug-likeness (QED) is 0.124. The topological polar surface area (TPSA) is 186 Å². The summed E-state index contributed by atoms with van der Waals surface area (Å²) in [6.45, 7) is 16.7. The average Bonchev–Trinajstić information content (AvgIpc) is 3.34. The molecule has 2 unspecified atom stereocenters.